The molecule has 0 bridgehead atoms. The Morgan fingerprint density at radius 3 is 2.62 bits per heavy atom. The quantitative estimate of drug-likeness (QED) is 0.878. The second kappa shape index (κ2) is 5.83. The van der Waals surface area contributed by atoms with Crippen LogP contribution in [0.5, 0.6) is 0 Å². The number of nitrogens with two attached hydrogens (primary N) is 1. The lowest BCUT2D eigenvalue weighted by atomic mass is 10.1. The van der Waals surface area contributed by atoms with E-state index in [9.17, 15) is 0 Å². The van der Waals surface area contributed by atoms with Gasteiger partial charge in [-0.25, -0.2) is 0 Å². The molecule has 1 aromatic carbocycles. The topological polar surface area (TPSA) is 46.2 Å². The molecular weight excluding hydrogens is 277 g/mol. The van der Waals surface area contributed by atoms with Crippen LogP contribution >= 0.6 is 39.9 Å². The highest BCUT2D eigenvalue weighted by Gasteiger charge is 2.08. The van der Waals surface area contributed by atoms with Gasteiger partial charge in [0.25, 0.3) is 0 Å². The van der Waals surface area contributed by atoms with E-state index in [0.29, 0.717) is 5.02 Å². The van der Waals surface area contributed by atoms with Crippen LogP contribution in [0.15, 0.2) is 22.7 Å². The van der Waals surface area contributed by atoms with E-state index < -0.39 is 6.04 Å². The van der Waals surface area contributed by atoms with E-state index in [0.717, 1.165) is 10.0 Å². The average Bonchev–Trinajstić information content (AvgIpc) is 2.03. The monoisotopic (exact) mass is 285 g/mol. The number of rotatable bonds is 2. The van der Waals surface area contributed by atoms with Crippen molar-refractivity contribution in [1.29, 1.82) is 0 Å². The van der Waals surface area contributed by atoms with Crippen LogP contribution in [0.3, 0.4) is 0 Å². The van der Waals surface area contributed by atoms with Crippen molar-refractivity contribution in [2.75, 3.05) is 6.61 Å². The molecular formula is C8H10BrCl2NO. The molecule has 0 saturated heterocycles. The first-order chi connectivity index (χ1) is 5.65. The molecule has 0 aliphatic heterocycles. The van der Waals surface area contributed by atoms with Crippen molar-refractivity contribution in [3.05, 3.63) is 33.3 Å². The lowest BCUT2D eigenvalue weighted by Gasteiger charge is -2.10. The Labute approximate surface area is 96.6 Å². The Morgan fingerprint density at radius 2 is 2.15 bits per heavy atom. The maximum Gasteiger partial charge on any atom is 0.0624 e. The molecule has 0 heterocycles. The Kier molecular flexibility index (Phi) is 5.92. The standard InChI is InChI=1S/C8H9BrClNO.ClH/c9-5-1-2-6(7(10)3-5)8(11)4-12;/h1-3,8,12H,4,11H2;1H/t8-;/m0./s1. The van der Waals surface area contributed by atoms with Gasteiger partial charge < -0.3 is 10.8 Å². The molecule has 0 spiro atoms. The first-order valence-electron chi connectivity index (χ1n) is 3.46. The van der Waals surface area contributed by atoms with Crippen LogP contribution in [0.25, 0.3) is 0 Å². The van der Waals surface area contributed by atoms with Crippen LogP contribution < -0.4 is 5.73 Å². The summed E-state index contributed by atoms with van der Waals surface area (Å²) in [5.41, 5.74) is 6.36. The number of aliphatic hydroxyl groups is 1. The molecule has 1 atom stereocenters. The molecule has 5 heteroatoms. The third-order valence-electron chi connectivity index (χ3n) is 1.56. The molecule has 0 aliphatic carbocycles. The van der Waals surface area contributed by atoms with E-state index in [2.05, 4.69) is 15.9 Å². The number of aliphatic hydroxyl groups excluding tert-OH is 1. The fourth-order valence-electron chi connectivity index (χ4n) is 0.901. The second-order valence-electron chi connectivity index (χ2n) is 2.45. The molecule has 0 saturated carbocycles. The van der Waals surface area contributed by atoms with Crippen LogP contribution in [0, 0.1) is 0 Å². The summed E-state index contributed by atoms with van der Waals surface area (Å²) < 4.78 is 0.904. The zero-order valence-corrected chi connectivity index (χ0v) is 9.86. The van der Waals surface area contributed by atoms with Crippen LogP contribution in [-0.2, 0) is 0 Å². The summed E-state index contributed by atoms with van der Waals surface area (Å²) in [6, 6.07) is 5.00. The highest BCUT2D eigenvalue weighted by molar-refractivity contribution is 9.10. The van der Waals surface area contributed by atoms with Crippen LogP contribution in [0.1, 0.15) is 11.6 Å². The normalized spacial score (nSPS) is 12.0. The molecule has 3 N–H and O–H groups in total. The SMILES string of the molecule is Cl.N[C@@H](CO)c1ccc(Br)cc1Cl. The van der Waals surface area contributed by atoms with Crippen molar-refractivity contribution in [1.82, 2.24) is 0 Å². The van der Waals surface area contributed by atoms with Crippen molar-refractivity contribution in [3.8, 4) is 0 Å². The molecule has 0 aromatic heterocycles. The van der Waals surface area contributed by atoms with Gasteiger partial charge >= 0.3 is 0 Å². The summed E-state index contributed by atoms with van der Waals surface area (Å²) in [5.74, 6) is 0. The van der Waals surface area contributed by atoms with E-state index >= 15 is 0 Å². The fraction of sp³-hybridized carbons (Fsp3) is 0.250. The Balaban J connectivity index is 0.00000144. The number of halogens is 3. The summed E-state index contributed by atoms with van der Waals surface area (Å²) >= 11 is 9.16. The van der Waals surface area contributed by atoms with Crippen LogP contribution in [0.2, 0.25) is 5.02 Å². The molecule has 0 aliphatic rings. The fourth-order valence-corrected chi connectivity index (χ4v) is 1.71. The zero-order valence-electron chi connectivity index (χ0n) is 6.71. The van der Waals surface area contributed by atoms with Crippen molar-refractivity contribution in [2.24, 2.45) is 5.73 Å². The molecule has 13 heavy (non-hydrogen) atoms. The number of hydrogen-bond donors (Lipinski definition) is 2. The molecule has 0 radical (unpaired) electrons. The summed E-state index contributed by atoms with van der Waals surface area (Å²) in [6.07, 6.45) is 0. The molecule has 0 unspecified atom stereocenters. The third-order valence-corrected chi connectivity index (χ3v) is 2.38. The zero-order chi connectivity index (χ0) is 9.14. The van der Waals surface area contributed by atoms with E-state index in [-0.39, 0.29) is 19.0 Å². The van der Waals surface area contributed by atoms with Crippen molar-refractivity contribution >= 4 is 39.9 Å². The molecule has 0 amide bonds. The second-order valence-corrected chi connectivity index (χ2v) is 3.78. The van der Waals surface area contributed by atoms with Gasteiger partial charge in [0.2, 0.25) is 0 Å². The van der Waals surface area contributed by atoms with E-state index in [4.69, 9.17) is 22.4 Å². The van der Waals surface area contributed by atoms with Gasteiger partial charge in [-0.05, 0) is 17.7 Å². The largest absolute Gasteiger partial charge is 0.394 e. The van der Waals surface area contributed by atoms with Gasteiger partial charge in [-0.2, -0.15) is 0 Å². The van der Waals surface area contributed by atoms with Crippen LogP contribution in [-0.4, -0.2) is 11.7 Å². The van der Waals surface area contributed by atoms with E-state index in [1.165, 1.54) is 0 Å². The van der Waals surface area contributed by atoms with Gasteiger partial charge in [-0.15, -0.1) is 12.4 Å². The van der Waals surface area contributed by atoms with Gasteiger partial charge in [0.15, 0.2) is 0 Å². The Hall–Kier alpha value is 0.200. The highest BCUT2D eigenvalue weighted by atomic mass is 79.9. The molecule has 2 nitrogen and oxygen atoms in total. The van der Waals surface area contributed by atoms with Gasteiger partial charge in [0.05, 0.1) is 12.6 Å². The average molecular weight is 287 g/mol. The summed E-state index contributed by atoms with van der Waals surface area (Å²) in [6.45, 7) is -0.0959. The first kappa shape index (κ1) is 13.2. The Morgan fingerprint density at radius 1 is 1.54 bits per heavy atom. The number of hydrogen-bond acceptors (Lipinski definition) is 2. The molecule has 74 valence electrons. The van der Waals surface area contributed by atoms with Gasteiger partial charge in [-0.1, -0.05) is 33.6 Å². The van der Waals surface area contributed by atoms with Gasteiger partial charge in [0.1, 0.15) is 0 Å². The van der Waals surface area contributed by atoms with E-state index in [1.54, 1.807) is 12.1 Å². The predicted octanol–water partition coefficient (Wildman–Crippen LogP) is 2.52. The molecule has 0 fully saturated rings. The maximum atomic E-state index is 8.79. The van der Waals surface area contributed by atoms with E-state index in [1.807, 2.05) is 6.07 Å². The highest BCUT2D eigenvalue weighted by Crippen LogP contribution is 2.24. The molecule has 1 aromatic rings. The molecule has 1 rings (SSSR count). The minimum absolute atomic E-state index is 0. The van der Waals surface area contributed by atoms with Crippen molar-refractivity contribution in [3.63, 3.8) is 0 Å². The van der Waals surface area contributed by atoms with Gasteiger partial charge in [-0.3, -0.25) is 0 Å². The first-order valence-corrected chi connectivity index (χ1v) is 4.63. The van der Waals surface area contributed by atoms with Crippen molar-refractivity contribution < 1.29 is 5.11 Å². The smallest absolute Gasteiger partial charge is 0.0624 e. The predicted molar refractivity (Wildman–Crippen MR) is 60.4 cm³/mol. The summed E-state index contributed by atoms with van der Waals surface area (Å²) in [4.78, 5) is 0. The van der Waals surface area contributed by atoms with Crippen LogP contribution in [0.4, 0.5) is 0 Å². The van der Waals surface area contributed by atoms with Gasteiger partial charge in [0, 0.05) is 9.50 Å². The minimum Gasteiger partial charge on any atom is -0.394 e. The maximum absolute atomic E-state index is 8.79. The summed E-state index contributed by atoms with van der Waals surface area (Å²) in [5, 5.41) is 9.36. The Bertz CT molecular complexity index is 283. The minimum atomic E-state index is -0.398. The lowest BCUT2D eigenvalue weighted by Crippen LogP contribution is -2.14. The number of benzene rings is 1. The third kappa shape index (κ3) is 3.44. The van der Waals surface area contributed by atoms with Crippen molar-refractivity contribution in [2.45, 2.75) is 6.04 Å². The summed E-state index contributed by atoms with van der Waals surface area (Å²) in [7, 11) is 0. The lowest BCUT2D eigenvalue weighted by molar-refractivity contribution is 0.268.